The first-order valence-corrected chi connectivity index (χ1v) is 7.84. The summed E-state index contributed by atoms with van der Waals surface area (Å²) in [6.45, 7) is 0.219. The third-order valence-corrected chi connectivity index (χ3v) is 3.74. The Bertz CT molecular complexity index is 546. The molecule has 0 aliphatic carbocycles. The van der Waals surface area contributed by atoms with E-state index in [1.165, 1.54) is 13.3 Å². The van der Waals surface area contributed by atoms with Gasteiger partial charge in [0.15, 0.2) is 0 Å². The van der Waals surface area contributed by atoms with Gasteiger partial charge in [-0.05, 0) is 15.9 Å². The molecule has 1 aromatic heterocycles. The molecular formula is C10H14BrN3O4S. The summed E-state index contributed by atoms with van der Waals surface area (Å²) in [5, 5.41) is 6.81. The van der Waals surface area contributed by atoms with E-state index < -0.39 is 22.3 Å². The van der Waals surface area contributed by atoms with Gasteiger partial charge in [0.2, 0.25) is 0 Å². The van der Waals surface area contributed by atoms with Crippen molar-refractivity contribution < 1.29 is 13.7 Å². The van der Waals surface area contributed by atoms with Crippen molar-refractivity contribution in [3.63, 3.8) is 0 Å². The van der Waals surface area contributed by atoms with Crippen molar-refractivity contribution in [2.75, 3.05) is 31.0 Å². The summed E-state index contributed by atoms with van der Waals surface area (Å²) in [7, 11) is 0.332. The van der Waals surface area contributed by atoms with Gasteiger partial charge in [-0.2, -0.15) is 5.10 Å². The molecule has 9 heteroatoms. The molecule has 0 fully saturated rings. The third kappa shape index (κ3) is 4.75. The van der Waals surface area contributed by atoms with Gasteiger partial charge < -0.3 is 10.1 Å². The number of esters is 1. The van der Waals surface area contributed by atoms with Crippen molar-refractivity contribution in [2.45, 2.75) is 6.54 Å². The number of methoxy groups -OCH3 is 1. The first-order chi connectivity index (χ1) is 8.95. The second-order valence-electron chi connectivity index (χ2n) is 3.62. The normalized spacial score (nSPS) is 11.9. The molecule has 0 amide bonds. The predicted octanol–water partition coefficient (Wildman–Crippen LogP) is -0.0308. The van der Waals surface area contributed by atoms with E-state index in [-0.39, 0.29) is 11.0 Å². The van der Waals surface area contributed by atoms with Crippen LogP contribution in [0.4, 0.5) is 5.69 Å². The van der Waals surface area contributed by atoms with Gasteiger partial charge in [-0.1, -0.05) is 0 Å². The minimum Gasteiger partial charge on any atom is -0.468 e. The van der Waals surface area contributed by atoms with Crippen LogP contribution in [0.2, 0.25) is 0 Å². The van der Waals surface area contributed by atoms with Gasteiger partial charge in [0, 0.05) is 29.4 Å². The van der Waals surface area contributed by atoms with Crippen molar-refractivity contribution in [2.24, 2.45) is 0 Å². The van der Waals surface area contributed by atoms with Gasteiger partial charge in [-0.25, -0.2) is 4.68 Å². The Kier molecular flexibility index (Phi) is 6.16. The zero-order chi connectivity index (χ0) is 14.4. The largest absolute Gasteiger partial charge is 0.468 e. The van der Waals surface area contributed by atoms with Crippen LogP contribution in [0.1, 0.15) is 0 Å². The standard InChI is InChI=1S/C10H14BrN3O4S/c1-18-8(15)6-14-10(16)9(11)7(5-13-14)12-3-4-19(2)17/h5,12H,3-4,6H2,1-2H3. The lowest BCUT2D eigenvalue weighted by molar-refractivity contribution is -0.141. The maximum atomic E-state index is 11.9. The Labute approximate surface area is 120 Å². The molecule has 0 aromatic carbocycles. The Morgan fingerprint density at radius 3 is 2.89 bits per heavy atom. The number of carbonyl (C=O) groups is 1. The molecule has 0 aliphatic rings. The SMILES string of the molecule is COC(=O)Cn1ncc(NCCS(C)=O)c(Br)c1=O. The first-order valence-electron chi connectivity index (χ1n) is 5.32. The Morgan fingerprint density at radius 1 is 1.63 bits per heavy atom. The molecule has 106 valence electrons. The summed E-state index contributed by atoms with van der Waals surface area (Å²) in [4.78, 5) is 23.0. The number of ether oxygens (including phenoxy) is 1. The average Bonchev–Trinajstić information content (AvgIpc) is 2.37. The minimum absolute atomic E-state index is 0.243. The predicted molar refractivity (Wildman–Crippen MR) is 75.6 cm³/mol. The number of halogens is 1. The van der Waals surface area contributed by atoms with Gasteiger partial charge in [0.05, 0.1) is 19.0 Å². The number of carbonyl (C=O) groups excluding carboxylic acids is 1. The molecule has 0 spiro atoms. The molecule has 1 rings (SSSR count). The number of aromatic nitrogens is 2. The molecule has 1 atom stereocenters. The number of rotatable bonds is 6. The number of anilines is 1. The van der Waals surface area contributed by atoms with Crippen LogP contribution in [-0.2, 0) is 26.9 Å². The van der Waals surface area contributed by atoms with E-state index >= 15 is 0 Å². The highest BCUT2D eigenvalue weighted by molar-refractivity contribution is 9.10. The van der Waals surface area contributed by atoms with Crippen LogP contribution in [0.3, 0.4) is 0 Å². The van der Waals surface area contributed by atoms with E-state index in [2.05, 4.69) is 31.1 Å². The van der Waals surface area contributed by atoms with Gasteiger partial charge in [-0.15, -0.1) is 0 Å². The Hall–Kier alpha value is -1.22. The molecule has 0 bridgehead atoms. The Balaban J connectivity index is 2.82. The number of hydrogen-bond acceptors (Lipinski definition) is 6. The topological polar surface area (TPSA) is 90.3 Å². The zero-order valence-corrected chi connectivity index (χ0v) is 12.9. The van der Waals surface area contributed by atoms with Crippen LogP contribution in [-0.4, -0.2) is 45.6 Å². The summed E-state index contributed by atoms with van der Waals surface area (Å²) in [6.07, 6.45) is 3.02. The smallest absolute Gasteiger partial charge is 0.327 e. The highest BCUT2D eigenvalue weighted by Gasteiger charge is 2.11. The number of nitrogens with one attached hydrogen (secondary N) is 1. The summed E-state index contributed by atoms with van der Waals surface area (Å²) in [5.41, 5.74) is 0.0598. The van der Waals surface area contributed by atoms with Crippen LogP contribution in [0.15, 0.2) is 15.5 Å². The summed E-state index contributed by atoms with van der Waals surface area (Å²) in [5.74, 6) is -0.0823. The lowest BCUT2D eigenvalue weighted by atomic mass is 10.4. The van der Waals surface area contributed by atoms with Crippen LogP contribution >= 0.6 is 15.9 Å². The molecule has 19 heavy (non-hydrogen) atoms. The minimum atomic E-state index is -0.907. The van der Waals surface area contributed by atoms with Crippen molar-refractivity contribution in [3.8, 4) is 0 Å². The number of hydrogen-bond donors (Lipinski definition) is 1. The summed E-state index contributed by atoms with van der Waals surface area (Å²) in [6, 6.07) is 0. The van der Waals surface area contributed by atoms with E-state index in [4.69, 9.17) is 0 Å². The summed E-state index contributed by atoms with van der Waals surface area (Å²) < 4.78 is 16.7. The fourth-order valence-corrected chi connectivity index (χ4v) is 2.05. The molecule has 7 nitrogen and oxygen atoms in total. The second-order valence-corrected chi connectivity index (χ2v) is 5.96. The van der Waals surface area contributed by atoms with E-state index in [9.17, 15) is 13.8 Å². The molecule has 0 radical (unpaired) electrons. The average molecular weight is 352 g/mol. The lowest BCUT2D eigenvalue weighted by Crippen LogP contribution is -2.28. The van der Waals surface area contributed by atoms with Crippen LogP contribution in [0.5, 0.6) is 0 Å². The number of nitrogens with zero attached hydrogens (tertiary/aromatic N) is 2. The van der Waals surface area contributed by atoms with Crippen molar-refractivity contribution in [1.82, 2.24) is 9.78 Å². The van der Waals surface area contributed by atoms with Crippen LogP contribution in [0, 0.1) is 0 Å². The first kappa shape index (κ1) is 15.8. The molecule has 0 saturated heterocycles. The highest BCUT2D eigenvalue weighted by atomic mass is 79.9. The van der Waals surface area contributed by atoms with Crippen LogP contribution < -0.4 is 10.9 Å². The Morgan fingerprint density at radius 2 is 2.32 bits per heavy atom. The second kappa shape index (κ2) is 7.39. The van der Waals surface area contributed by atoms with Gasteiger partial charge in [0.1, 0.15) is 11.0 Å². The lowest BCUT2D eigenvalue weighted by Gasteiger charge is -2.09. The van der Waals surface area contributed by atoms with Crippen molar-refractivity contribution >= 4 is 38.4 Å². The van der Waals surface area contributed by atoms with Gasteiger partial charge >= 0.3 is 5.97 Å². The maximum absolute atomic E-state index is 11.9. The maximum Gasteiger partial charge on any atom is 0.327 e. The molecule has 1 unspecified atom stereocenters. The highest BCUT2D eigenvalue weighted by Crippen LogP contribution is 2.15. The molecule has 0 saturated carbocycles. The van der Waals surface area contributed by atoms with Crippen molar-refractivity contribution in [3.05, 3.63) is 21.0 Å². The molecule has 1 aromatic rings. The van der Waals surface area contributed by atoms with Gasteiger partial charge in [0.25, 0.3) is 5.56 Å². The molecule has 1 N–H and O–H groups in total. The molecule has 1 heterocycles. The third-order valence-electron chi connectivity index (χ3n) is 2.20. The quantitative estimate of drug-likeness (QED) is 0.723. The molecular weight excluding hydrogens is 338 g/mol. The monoisotopic (exact) mass is 351 g/mol. The zero-order valence-electron chi connectivity index (χ0n) is 10.5. The summed E-state index contributed by atoms with van der Waals surface area (Å²) >= 11 is 3.15. The van der Waals surface area contributed by atoms with E-state index in [0.29, 0.717) is 18.0 Å². The fourth-order valence-electron chi connectivity index (χ4n) is 1.22. The van der Waals surface area contributed by atoms with Crippen molar-refractivity contribution in [1.29, 1.82) is 0 Å². The van der Waals surface area contributed by atoms with E-state index in [1.807, 2.05) is 0 Å². The molecule has 0 aliphatic heterocycles. The van der Waals surface area contributed by atoms with E-state index in [0.717, 1.165) is 4.68 Å². The van der Waals surface area contributed by atoms with E-state index in [1.54, 1.807) is 6.26 Å². The fraction of sp³-hybridized carbons (Fsp3) is 0.500. The van der Waals surface area contributed by atoms with Gasteiger partial charge in [-0.3, -0.25) is 13.8 Å². The van der Waals surface area contributed by atoms with Crippen LogP contribution in [0.25, 0.3) is 0 Å².